The topological polar surface area (TPSA) is 67.1 Å². The molecule has 1 aromatic carbocycles. The first-order valence-corrected chi connectivity index (χ1v) is 6.13. The highest BCUT2D eigenvalue weighted by Crippen LogP contribution is 2.29. The maximum atomic E-state index is 5.45. The predicted molar refractivity (Wildman–Crippen MR) is 78.6 cm³/mol. The third kappa shape index (κ3) is 2.51. The molecule has 0 fully saturated rings. The molecule has 0 aliphatic heterocycles. The summed E-state index contributed by atoms with van der Waals surface area (Å²) in [5.74, 6) is 6.93. The van der Waals surface area contributed by atoms with Gasteiger partial charge in [-0.1, -0.05) is 17.7 Å². The van der Waals surface area contributed by atoms with E-state index in [0.29, 0.717) is 5.82 Å². The lowest BCUT2D eigenvalue weighted by atomic mass is 10.1. The Morgan fingerprint density at radius 1 is 1.16 bits per heavy atom. The molecule has 1 heterocycles. The van der Waals surface area contributed by atoms with Crippen molar-refractivity contribution in [1.82, 2.24) is 9.97 Å². The zero-order valence-corrected chi connectivity index (χ0v) is 11.7. The van der Waals surface area contributed by atoms with Gasteiger partial charge in [0.25, 0.3) is 0 Å². The number of hydrogen-bond donors (Lipinski definition) is 2. The van der Waals surface area contributed by atoms with Crippen molar-refractivity contribution in [1.29, 1.82) is 0 Å². The summed E-state index contributed by atoms with van der Waals surface area (Å²) in [5.41, 5.74) is 7.09. The summed E-state index contributed by atoms with van der Waals surface area (Å²) in [6.07, 6.45) is 1.51. The average molecular weight is 257 g/mol. The first-order valence-electron chi connectivity index (χ1n) is 6.13. The highest BCUT2D eigenvalue weighted by Gasteiger charge is 2.13. The van der Waals surface area contributed by atoms with Crippen molar-refractivity contribution < 1.29 is 0 Å². The fraction of sp³-hybridized carbons (Fsp3) is 0.286. The summed E-state index contributed by atoms with van der Waals surface area (Å²) in [7, 11) is 1.99. The Balaban J connectivity index is 2.47. The van der Waals surface area contributed by atoms with Crippen molar-refractivity contribution in [2.45, 2.75) is 20.8 Å². The first-order chi connectivity index (χ1) is 9.04. The van der Waals surface area contributed by atoms with Crippen molar-refractivity contribution in [3.63, 3.8) is 0 Å². The molecule has 0 aliphatic rings. The molecule has 2 rings (SSSR count). The number of nitrogens with two attached hydrogens (primary N) is 1. The second kappa shape index (κ2) is 5.24. The van der Waals surface area contributed by atoms with Crippen LogP contribution in [0.1, 0.15) is 16.7 Å². The van der Waals surface area contributed by atoms with E-state index in [1.807, 2.05) is 18.9 Å². The Labute approximate surface area is 113 Å². The SMILES string of the molecule is Cc1ccc(N(C)c2ncnc(NN)c2C)c(C)c1. The lowest BCUT2D eigenvalue weighted by Crippen LogP contribution is -2.17. The number of nitrogens with zero attached hydrogens (tertiary/aromatic N) is 3. The van der Waals surface area contributed by atoms with Crippen LogP contribution in [0.2, 0.25) is 0 Å². The third-order valence-corrected chi connectivity index (χ3v) is 3.23. The van der Waals surface area contributed by atoms with E-state index in [0.717, 1.165) is 17.1 Å². The summed E-state index contributed by atoms with van der Waals surface area (Å²) >= 11 is 0. The fourth-order valence-electron chi connectivity index (χ4n) is 2.22. The molecule has 100 valence electrons. The van der Waals surface area contributed by atoms with Gasteiger partial charge in [-0.25, -0.2) is 15.8 Å². The summed E-state index contributed by atoms with van der Waals surface area (Å²) < 4.78 is 0. The van der Waals surface area contributed by atoms with E-state index in [4.69, 9.17) is 5.84 Å². The largest absolute Gasteiger partial charge is 0.329 e. The van der Waals surface area contributed by atoms with Crippen molar-refractivity contribution in [2.24, 2.45) is 5.84 Å². The molecule has 1 aromatic heterocycles. The molecule has 0 spiro atoms. The minimum absolute atomic E-state index is 0.640. The number of hydrogen-bond acceptors (Lipinski definition) is 5. The summed E-state index contributed by atoms with van der Waals surface area (Å²) in [6, 6.07) is 6.35. The summed E-state index contributed by atoms with van der Waals surface area (Å²) in [5, 5.41) is 0. The van der Waals surface area contributed by atoms with E-state index in [1.165, 1.54) is 17.5 Å². The van der Waals surface area contributed by atoms with Crippen LogP contribution in [0.3, 0.4) is 0 Å². The van der Waals surface area contributed by atoms with Crippen LogP contribution < -0.4 is 16.2 Å². The van der Waals surface area contributed by atoms with Crippen LogP contribution in [0.4, 0.5) is 17.3 Å². The number of anilines is 3. The van der Waals surface area contributed by atoms with E-state index in [2.05, 4.69) is 47.4 Å². The Morgan fingerprint density at radius 2 is 1.89 bits per heavy atom. The number of aromatic nitrogens is 2. The van der Waals surface area contributed by atoms with Gasteiger partial charge in [0.1, 0.15) is 18.0 Å². The molecule has 5 heteroatoms. The molecule has 19 heavy (non-hydrogen) atoms. The van der Waals surface area contributed by atoms with Gasteiger partial charge in [0.15, 0.2) is 0 Å². The van der Waals surface area contributed by atoms with Gasteiger partial charge < -0.3 is 10.3 Å². The highest BCUT2D eigenvalue weighted by atomic mass is 15.3. The smallest absolute Gasteiger partial charge is 0.148 e. The molecule has 0 aliphatic carbocycles. The first kappa shape index (κ1) is 13.3. The van der Waals surface area contributed by atoms with Gasteiger partial charge in [-0.3, -0.25) is 0 Å². The second-order valence-corrected chi connectivity index (χ2v) is 4.66. The zero-order valence-electron chi connectivity index (χ0n) is 11.7. The standard InChI is InChI=1S/C14H19N5/c1-9-5-6-12(10(2)7-9)19(4)14-11(3)13(18-15)16-8-17-14/h5-8H,15H2,1-4H3,(H,16,17,18). The molecule has 3 N–H and O–H groups in total. The maximum Gasteiger partial charge on any atom is 0.148 e. The number of aryl methyl sites for hydroxylation is 2. The van der Waals surface area contributed by atoms with Gasteiger partial charge in [0.2, 0.25) is 0 Å². The van der Waals surface area contributed by atoms with Crippen LogP contribution in [-0.4, -0.2) is 17.0 Å². The van der Waals surface area contributed by atoms with E-state index in [1.54, 1.807) is 0 Å². The molecule has 0 radical (unpaired) electrons. The van der Waals surface area contributed by atoms with E-state index >= 15 is 0 Å². The van der Waals surface area contributed by atoms with Gasteiger partial charge in [0, 0.05) is 18.3 Å². The fourth-order valence-corrected chi connectivity index (χ4v) is 2.22. The molecule has 0 atom stereocenters. The summed E-state index contributed by atoms with van der Waals surface area (Å²) in [6.45, 7) is 6.13. The Morgan fingerprint density at radius 3 is 2.53 bits per heavy atom. The van der Waals surface area contributed by atoms with E-state index < -0.39 is 0 Å². The lowest BCUT2D eigenvalue weighted by Gasteiger charge is -2.23. The van der Waals surface area contributed by atoms with Gasteiger partial charge in [0.05, 0.1) is 0 Å². The second-order valence-electron chi connectivity index (χ2n) is 4.66. The highest BCUT2D eigenvalue weighted by molar-refractivity contribution is 5.68. The van der Waals surface area contributed by atoms with Crippen LogP contribution >= 0.6 is 0 Å². The Hall–Kier alpha value is -2.14. The molecular formula is C14H19N5. The quantitative estimate of drug-likeness (QED) is 0.653. The molecule has 5 nitrogen and oxygen atoms in total. The van der Waals surface area contributed by atoms with Crippen molar-refractivity contribution in [2.75, 3.05) is 17.4 Å². The van der Waals surface area contributed by atoms with Gasteiger partial charge in [-0.05, 0) is 32.4 Å². The molecular weight excluding hydrogens is 238 g/mol. The maximum absolute atomic E-state index is 5.45. The van der Waals surface area contributed by atoms with Crippen LogP contribution in [0.25, 0.3) is 0 Å². The molecule has 0 saturated heterocycles. The zero-order chi connectivity index (χ0) is 14.0. The predicted octanol–water partition coefficient (Wildman–Crippen LogP) is 2.46. The van der Waals surface area contributed by atoms with Crippen LogP contribution in [0.15, 0.2) is 24.5 Å². The number of benzene rings is 1. The number of hydrazine groups is 1. The van der Waals surface area contributed by atoms with E-state index in [9.17, 15) is 0 Å². The normalized spacial score (nSPS) is 10.4. The van der Waals surface area contributed by atoms with Crippen molar-refractivity contribution in [3.05, 3.63) is 41.2 Å². The van der Waals surface area contributed by atoms with Gasteiger partial charge in [-0.2, -0.15) is 0 Å². The van der Waals surface area contributed by atoms with Crippen LogP contribution in [-0.2, 0) is 0 Å². The molecule has 0 bridgehead atoms. The Kier molecular flexibility index (Phi) is 3.66. The van der Waals surface area contributed by atoms with Crippen molar-refractivity contribution >= 4 is 17.3 Å². The van der Waals surface area contributed by atoms with Gasteiger partial charge >= 0.3 is 0 Å². The molecule has 0 saturated carbocycles. The van der Waals surface area contributed by atoms with Crippen LogP contribution in [0.5, 0.6) is 0 Å². The minimum atomic E-state index is 0.640. The minimum Gasteiger partial charge on any atom is -0.329 e. The molecule has 0 unspecified atom stereocenters. The van der Waals surface area contributed by atoms with E-state index in [-0.39, 0.29) is 0 Å². The molecule has 2 aromatic rings. The Bertz CT molecular complexity index is 594. The molecule has 0 amide bonds. The lowest BCUT2D eigenvalue weighted by molar-refractivity contribution is 1.04. The van der Waals surface area contributed by atoms with Gasteiger partial charge in [-0.15, -0.1) is 0 Å². The average Bonchev–Trinajstić information content (AvgIpc) is 2.38. The van der Waals surface area contributed by atoms with Crippen LogP contribution in [0, 0.1) is 20.8 Å². The monoisotopic (exact) mass is 257 g/mol. The van der Waals surface area contributed by atoms with Crippen molar-refractivity contribution in [3.8, 4) is 0 Å². The summed E-state index contributed by atoms with van der Waals surface area (Å²) in [4.78, 5) is 10.5. The number of nitrogen functional groups attached to an aromatic ring is 1. The number of nitrogens with one attached hydrogen (secondary N) is 1. The number of rotatable bonds is 3. The third-order valence-electron chi connectivity index (χ3n) is 3.23.